The Balaban J connectivity index is 1.60. The normalized spacial score (nSPS) is 16.5. The Morgan fingerprint density at radius 3 is 2.63 bits per heavy atom. The molecule has 1 unspecified atom stereocenters. The van der Waals surface area contributed by atoms with Gasteiger partial charge in [0.2, 0.25) is 21.8 Å². The van der Waals surface area contributed by atoms with Crippen molar-refractivity contribution in [3.8, 4) is 0 Å². The molecule has 1 aliphatic heterocycles. The molecule has 158 valence electrons. The van der Waals surface area contributed by atoms with E-state index in [0.29, 0.717) is 17.8 Å². The fraction of sp³-hybridized carbons (Fsp3) is 0.238. The van der Waals surface area contributed by atoms with E-state index < -0.39 is 15.9 Å². The third kappa shape index (κ3) is 5.78. The predicted molar refractivity (Wildman–Crippen MR) is 120 cm³/mol. The molecule has 1 aliphatic rings. The van der Waals surface area contributed by atoms with Gasteiger partial charge in [0.05, 0.1) is 11.7 Å². The number of rotatable bonds is 8. The minimum absolute atomic E-state index is 0.0965. The summed E-state index contributed by atoms with van der Waals surface area (Å²) in [5.74, 6) is -0.956. The van der Waals surface area contributed by atoms with Crippen LogP contribution >= 0.6 is 15.9 Å². The molecule has 30 heavy (non-hydrogen) atoms. The minimum atomic E-state index is -3.44. The van der Waals surface area contributed by atoms with Crippen LogP contribution in [-0.2, 0) is 25.4 Å². The highest BCUT2D eigenvalue weighted by atomic mass is 79.9. The molecule has 7 nitrogen and oxygen atoms in total. The second-order valence-corrected chi connectivity index (χ2v) is 9.69. The molecule has 3 rings (SSSR count). The van der Waals surface area contributed by atoms with Crippen LogP contribution < -0.4 is 14.9 Å². The van der Waals surface area contributed by atoms with Crippen LogP contribution in [0, 0.1) is 5.92 Å². The summed E-state index contributed by atoms with van der Waals surface area (Å²) in [6.45, 7) is 3.97. The van der Waals surface area contributed by atoms with Gasteiger partial charge in [-0.25, -0.2) is 13.1 Å². The average Bonchev–Trinajstić information content (AvgIpc) is 3.10. The lowest BCUT2D eigenvalue weighted by molar-refractivity contribution is -0.122. The van der Waals surface area contributed by atoms with Gasteiger partial charge in [-0.2, -0.15) is 0 Å². The highest BCUT2D eigenvalue weighted by Crippen LogP contribution is 2.28. The van der Waals surface area contributed by atoms with E-state index in [2.05, 4.69) is 32.5 Å². The Kier molecular flexibility index (Phi) is 7.06. The number of sulfonamides is 1. The fourth-order valence-corrected chi connectivity index (χ4v) is 4.65. The maximum Gasteiger partial charge on any atom is 0.229 e. The first-order chi connectivity index (χ1) is 14.3. The molecule has 0 spiro atoms. The molecule has 1 heterocycles. The molecule has 1 atom stereocenters. The molecular weight excluding hydrogens is 470 g/mol. The third-order valence-corrected chi connectivity index (χ3v) is 6.45. The van der Waals surface area contributed by atoms with E-state index in [1.165, 1.54) is 6.08 Å². The van der Waals surface area contributed by atoms with Gasteiger partial charge >= 0.3 is 0 Å². The molecule has 2 aromatic carbocycles. The Hall–Kier alpha value is -2.49. The summed E-state index contributed by atoms with van der Waals surface area (Å²) >= 11 is 3.39. The van der Waals surface area contributed by atoms with Crippen LogP contribution in [0.15, 0.2) is 65.7 Å². The zero-order valence-corrected chi connectivity index (χ0v) is 18.6. The van der Waals surface area contributed by atoms with Crippen LogP contribution in [-0.4, -0.2) is 33.3 Å². The van der Waals surface area contributed by atoms with Crippen LogP contribution in [0.2, 0.25) is 0 Å². The first-order valence-electron chi connectivity index (χ1n) is 9.31. The lowest BCUT2D eigenvalue weighted by Crippen LogP contribution is -2.28. The predicted octanol–water partition coefficient (Wildman–Crippen LogP) is 3.05. The van der Waals surface area contributed by atoms with Crippen LogP contribution in [0.5, 0.6) is 0 Å². The van der Waals surface area contributed by atoms with E-state index in [1.807, 2.05) is 24.3 Å². The topological polar surface area (TPSA) is 95.6 Å². The van der Waals surface area contributed by atoms with E-state index in [9.17, 15) is 18.0 Å². The van der Waals surface area contributed by atoms with Crippen molar-refractivity contribution in [1.82, 2.24) is 4.72 Å². The van der Waals surface area contributed by atoms with Gasteiger partial charge in [0.15, 0.2) is 0 Å². The SMILES string of the molecule is C=CCNS(=O)(=O)Cc1ccc(NC(=O)C2CC(=O)N(c3cccc(Br)c3)C2)cc1. The van der Waals surface area contributed by atoms with Gasteiger partial charge in [-0.3, -0.25) is 9.59 Å². The maximum absolute atomic E-state index is 12.6. The summed E-state index contributed by atoms with van der Waals surface area (Å²) in [5.41, 5.74) is 1.90. The second kappa shape index (κ2) is 9.55. The maximum atomic E-state index is 12.6. The van der Waals surface area contributed by atoms with Crippen molar-refractivity contribution in [3.63, 3.8) is 0 Å². The van der Waals surface area contributed by atoms with Gasteiger partial charge in [0.25, 0.3) is 0 Å². The quantitative estimate of drug-likeness (QED) is 0.554. The van der Waals surface area contributed by atoms with Gasteiger partial charge < -0.3 is 10.2 Å². The van der Waals surface area contributed by atoms with Crippen molar-refractivity contribution < 1.29 is 18.0 Å². The van der Waals surface area contributed by atoms with Crippen molar-refractivity contribution in [1.29, 1.82) is 0 Å². The molecular formula is C21H22BrN3O4S. The summed E-state index contributed by atoms with van der Waals surface area (Å²) in [5, 5.41) is 2.81. The van der Waals surface area contributed by atoms with E-state index in [4.69, 9.17) is 0 Å². The number of halogens is 1. The van der Waals surface area contributed by atoms with Gasteiger partial charge in [-0.05, 0) is 35.9 Å². The molecule has 0 aliphatic carbocycles. The van der Waals surface area contributed by atoms with Crippen LogP contribution in [0.3, 0.4) is 0 Å². The molecule has 2 N–H and O–H groups in total. The molecule has 1 saturated heterocycles. The average molecular weight is 492 g/mol. The second-order valence-electron chi connectivity index (χ2n) is 6.97. The molecule has 0 aromatic heterocycles. The molecule has 0 radical (unpaired) electrons. The Labute approximate surface area is 184 Å². The summed E-state index contributed by atoms with van der Waals surface area (Å²) in [6.07, 6.45) is 1.62. The number of amides is 2. The smallest absolute Gasteiger partial charge is 0.229 e. The highest BCUT2D eigenvalue weighted by Gasteiger charge is 2.35. The third-order valence-electron chi connectivity index (χ3n) is 4.64. The number of anilines is 2. The van der Waals surface area contributed by atoms with Crippen molar-refractivity contribution in [2.75, 3.05) is 23.3 Å². The summed E-state index contributed by atoms with van der Waals surface area (Å²) in [4.78, 5) is 26.6. The minimum Gasteiger partial charge on any atom is -0.326 e. The Morgan fingerprint density at radius 2 is 1.97 bits per heavy atom. The van der Waals surface area contributed by atoms with E-state index >= 15 is 0 Å². The van der Waals surface area contributed by atoms with Gasteiger partial charge in [-0.15, -0.1) is 6.58 Å². The highest BCUT2D eigenvalue weighted by molar-refractivity contribution is 9.10. The summed E-state index contributed by atoms with van der Waals surface area (Å²) < 4.78 is 27.1. The number of carbonyl (C=O) groups is 2. The zero-order valence-electron chi connectivity index (χ0n) is 16.2. The van der Waals surface area contributed by atoms with Gasteiger partial charge in [0, 0.05) is 35.4 Å². The molecule has 2 aromatic rings. The number of nitrogens with zero attached hydrogens (tertiary/aromatic N) is 1. The van der Waals surface area contributed by atoms with E-state index in [1.54, 1.807) is 29.2 Å². The van der Waals surface area contributed by atoms with Gasteiger partial charge in [0.1, 0.15) is 0 Å². The van der Waals surface area contributed by atoms with Crippen molar-refractivity contribution >= 4 is 49.1 Å². The van der Waals surface area contributed by atoms with Crippen LogP contribution in [0.1, 0.15) is 12.0 Å². The molecule has 0 saturated carbocycles. The van der Waals surface area contributed by atoms with Crippen LogP contribution in [0.25, 0.3) is 0 Å². The monoisotopic (exact) mass is 491 g/mol. The summed E-state index contributed by atoms with van der Waals surface area (Å²) in [7, 11) is -3.44. The van der Waals surface area contributed by atoms with Crippen molar-refractivity contribution in [2.24, 2.45) is 5.92 Å². The van der Waals surface area contributed by atoms with E-state index in [0.717, 1.165) is 10.2 Å². The molecule has 2 amide bonds. The molecule has 9 heteroatoms. The van der Waals surface area contributed by atoms with Gasteiger partial charge in [-0.1, -0.05) is 40.2 Å². The molecule has 1 fully saturated rings. The Morgan fingerprint density at radius 1 is 1.23 bits per heavy atom. The van der Waals surface area contributed by atoms with Crippen LogP contribution in [0.4, 0.5) is 11.4 Å². The Bertz CT molecular complexity index is 1050. The lowest BCUT2D eigenvalue weighted by Gasteiger charge is -2.17. The first kappa shape index (κ1) is 22.2. The largest absolute Gasteiger partial charge is 0.326 e. The summed E-state index contributed by atoms with van der Waals surface area (Å²) in [6, 6.07) is 14.0. The number of benzene rings is 2. The standard InChI is InChI=1S/C21H22BrN3O4S/c1-2-10-23-30(28,29)14-15-6-8-18(9-7-15)24-21(27)16-11-20(26)25(13-16)19-5-3-4-17(22)12-19/h2-9,12,16,23H,1,10-11,13-14H2,(H,24,27). The number of carbonyl (C=O) groups excluding carboxylic acids is 2. The van der Waals surface area contributed by atoms with Crippen molar-refractivity contribution in [2.45, 2.75) is 12.2 Å². The van der Waals surface area contributed by atoms with Crippen molar-refractivity contribution in [3.05, 3.63) is 71.2 Å². The lowest BCUT2D eigenvalue weighted by atomic mass is 10.1. The first-order valence-corrected chi connectivity index (χ1v) is 11.8. The zero-order chi connectivity index (χ0) is 21.7. The van der Waals surface area contributed by atoms with E-state index in [-0.39, 0.29) is 30.5 Å². The number of hydrogen-bond donors (Lipinski definition) is 2. The fourth-order valence-electron chi connectivity index (χ4n) is 3.16. The molecule has 0 bridgehead atoms. The number of nitrogens with one attached hydrogen (secondary N) is 2. The number of hydrogen-bond acceptors (Lipinski definition) is 4.